The lowest BCUT2D eigenvalue weighted by Gasteiger charge is -1.91. The van der Waals surface area contributed by atoms with Crippen molar-refractivity contribution in [3.05, 3.63) is 12.0 Å². The van der Waals surface area contributed by atoms with E-state index in [0.29, 0.717) is 5.82 Å². The monoisotopic (exact) mass is 112 g/mol. The fraction of sp³-hybridized carbons (Fsp3) is 0.250. The maximum Gasteiger partial charge on any atom is 0.146 e. The summed E-state index contributed by atoms with van der Waals surface area (Å²) in [5.74, 6) is 5.81. The summed E-state index contributed by atoms with van der Waals surface area (Å²) in [6, 6.07) is 0. The molecule has 0 radical (unpaired) electrons. The topological polar surface area (TPSA) is 69.9 Å². The number of hydrogen-bond donors (Lipinski definition) is 2. The molecular formula is C4H8N4. The molecule has 44 valence electrons. The van der Waals surface area contributed by atoms with Gasteiger partial charge >= 0.3 is 0 Å². The molecule has 0 saturated carbocycles. The molecule has 0 bridgehead atoms. The second-order valence-electron chi connectivity index (χ2n) is 1.62. The maximum absolute atomic E-state index is 5.33. The zero-order valence-electron chi connectivity index (χ0n) is 4.63. The number of aromatic nitrogens is 2. The van der Waals surface area contributed by atoms with E-state index in [1.54, 1.807) is 0 Å². The third-order valence-corrected chi connectivity index (χ3v) is 1.08. The van der Waals surface area contributed by atoms with E-state index in [4.69, 9.17) is 11.6 Å². The van der Waals surface area contributed by atoms with Crippen LogP contribution in [0.5, 0.6) is 0 Å². The first-order valence-corrected chi connectivity index (χ1v) is 2.26. The Morgan fingerprint density at radius 1 is 1.75 bits per heavy atom. The van der Waals surface area contributed by atoms with E-state index in [1.807, 2.05) is 6.92 Å². The van der Waals surface area contributed by atoms with Gasteiger partial charge in [0.2, 0.25) is 0 Å². The molecule has 4 N–H and O–H groups in total. The van der Waals surface area contributed by atoms with Crippen molar-refractivity contribution in [3.8, 4) is 0 Å². The quantitative estimate of drug-likeness (QED) is 0.444. The lowest BCUT2D eigenvalue weighted by atomic mass is 10.5. The van der Waals surface area contributed by atoms with E-state index in [9.17, 15) is 0 Å². The SMILES string of the molecule is Cc1c(N)ncn1N. The van der Waals surface area contributed by atoms with Crippen LogP contribution in [0.15, 0.2) is 6.33 Å². The van der Waals surface area contributed by atoms with Crippen LogP contribution in [0.3, 0.4) is 0 Å². The van der Waals surface area contributed by atoms with Crippen molar-refractivity contribution in [3.63, 3.8) is 0 Å². The fourth-order valence-corrected chi connectivity index (χ4v) is 0.437. The molecule has 4 nitrogen and oxygen atoms in total. The molecule has 1 aromatic heterocycles. The summed E-state index contributed by atoms with van der Waals surface area (Å²) < 4.78 is 1.38. The van der Waals surface area contributed by atoms with Gasteiger partial charge in [-0.05, 0) is 6.92 Å². The van der Waals surface area contributed by atoms with Crippen molar-refractivity contribution in [1.29, 1.82) is 0 Å². The summed E-state index contributed by atoms with van der Waals surface area (Å²) >= 11 is 0. The minimum atomic E-state index is 0.493. The van der Waals surface area contributed by atoms with Gasteiger partial charge in [0, 0.05) is 0 Å². The van der Waals surface area contributed by atoms with Crippen LogP contribution in [-0.2, 0) is 0 Å². The number of nitrogen functional groups attached to an aromatic ring is 2. The molecule has 1 heterocycles. The van der Waals surface area contributed by atoms with Crippen LogP contribution in [0.25, 0.3) is 0 Å². The van der Waals surface area contributed by atoms with Crippen LogP contribution in [0.4, 0.5) is 5.82 Å². The van der Waals surface area contributed by atoms with Gasteiger partial charge in [-0.3, -0.25) is 4.68 Å². The van der Waals surface area contributed by atoms with E-state index >= 15 is 0 Å². The molecule has 4 heteroatoms. The van der Waals surface area contributed by atoms with Crippen molar-refractivity contribution in [2.45, 2.75) is 6.92 Å². The van der Waals surface area contributed by atoms with Gasteiger partial charge in [-0.15, -0.1) is 0 Å². The van der Waals surface area contributed by atoms with Crippen molar-refractivity contribution in [2.75, 3.05) is 11.6 Å². The molecule has 0 saturated heterocycles. The summed E-state index contributed by atoms with van der Waals surface area (Å²) in [6.45, 7) is 1.81. The first-order chi connectivity index (χ1) is 3.72. The van der Waals surface area contributed by atoms with Gasteiger partial charge in [-0.25, -0.2) is 4.98 Å². The van der Waals surface area contributed by atoms with Crippen molar-refractivity contribution >= 4 is 5.82 Å². The Morgan fingerprint density at radius 3 is 2.50 bits per heavy atom. The molecule has 0 aliphatic heterocycles. The van der Waals surface area contributed by atoms with Crippen LogP contribution >= 0.6 is 0 Å². The van der Waals surface area contributed by atoms with Crippen LogP contribution in [-0.4, -0.2) is 9.66 Å². The minimum Gasteiger partial charge on any atom is -0.382 e. The Kier molecular flexibility index (Phi) is 0.865. The van der Waals surface area contributed by atoms with E-state index in [1.165, 1.54) is 11.0 Å². The highest BCUT2D eigenvalue weighted by atomic mass is 15.3. The molecule has 0 aromatic carbocycles. The summed E-state index contributed by atoms with van der Waals surface area (Å²) in [5.41, 5.74) is 6.13. The number of imidazole rings is 1. The molecule has 1 rings (SSSR count). The Hall–Kier alpha value is -1.19. The molecule has 0 atom stereocenters. The highest BCUT2D eigenvalue weighted by Gasteiger charge is 1.95. The molecule has 8 heavy (non-hydrogen) atoms. The van der Waals surface area contributed by atoms with Gasteiger partial charge in [0.15, 0.2) is 0 Å². The molecule has 0 unspecified atom stereocenters. The average Bonchev–Trinajstić information content (AvgIpc) is 1.98. The Bertz CT molecular complexity index is 170. The number of nitrogens with two attached hydrogens (primary N) is 2. The maximum atomic E-state index is 5.33. The van der Waals surface area contributed by atoms with Gasteiger partial charge in [0.1, 0.15) is 12.1 Å². The predicted octanol–water partition coefficient (Wildman–Crippen LogP) is -0.512. The van der Waals surface area contributed by atoms with E-state index < -0.39 is 0 Å². The van der Waals surface area contributed by atoms with Crippen molar-refractivity contribution in [1.82, 2.24) is 9.66 Å². The largest absolute Gasteiger partial charge is 0.382 e. The number of nitrogens with zero attached hydrogens (tertiary/aromatic N) is 2. The molecule has 0 amide bonds. The summed E-state index contributed by atoms with van der Waals surface area (Å²) in [6.07, 6.45) is 1.48. The molecule has 0 spiro atoms. The Balaban J connectivity index is 3.19. The number of anilines is 1. The Morgan fingerprint density at radius 2 is 2.38 bits per heavy atom. The molecular weight excluding hydrogens is 104 g/mol. The van der Waals surface area contributed by atoms with Crippen molar-refractivity contribution < 1.29 is 0 Å². The second-order valence-corrected chi connectivity index (χ2v) is 1.62. The normalized spacial score (nSPS) is 9.62. The van der Waals surface area contributed by atoms with E-state index in [0.717, 1.165) is 5.69 Å². The summed E-state index contributed by atoms with van der Waals surface area (Å²) in [7, 11) is 0. The lowest BCUT2D eigenvalue weighted by Crippen LogP contribution is -2.08. The van der Waals surface area contributed by atoms with Gasteiger partial charge in [-0.2, -0.15) is 0 Å². The van der Waals surface area contributed by atoms with Crippen LogP contribution in [0.1, 0.15) is 5.69 Å². The van der Waals surface area contributed by atoms with E-state index in [2.05, 4.69) is 4.98 Å². The van der Waals surface area contributed by atoms with Gasteiger partial charge < -0.3 is 11.6 Å². The number of rotatable bonds is 0. The zero-order valence-corrected chi connectivity index (χ0v) is 4.63. The van der Waals surface area contributed by atoms with Crippen molar-refractivity contribution in [2.24, 2.45) is 0 Å². The van der Waals surface area contributed by atoms with Gasteiger partial charge in [0.25, 0.3) is 0 Å². The highest BCUT2D eigenvalue weighted by Crippen LogP contribution is 2.01. The average molecular weight is 112 g/mol. The van der Waals surface area contributed by atoms with Crippen LogP contribution < -0.4 is 11.6 Å². The Labute approximate surface area is 47.1 Å². The summed E-state index contributed by atoms with van der Waals surface area (Å²) in [5, 5.41) is 0. The predicted molar refractivity (Wildman–Crippen MR) is 31.5 cm³/mol. The third-order valence-electron chi connectivity index (χ3n) is 1.08. The first-order valence-electron chi connectivity index (χ1n) is 2.26. The third kappa shape index (κ3) is 0.501. The molecule has 0 fully saturated rings. The second kappa shape index (κ2) is 1.40. The van der Waals surface area contributed by atoms with Crippen LogP contribution in [0, 0.1) is 6.92 Å². The molecule has 1 aromatic rings. The van der Waals surface area contributed by atoms with Crippen LogP contribution in [0.2, 0.25) is 0 Å². The van der Waals surface area contributed by atoms with E-state index in [-0.39, 0.29) is 0 Å². The summed E-state index contributed by atoms with van der Waals surface area (Å²) in [4.78, 5) is 3.73. The fourth-order valence-electron chi connectivity index (χ4n) is 0.437. The van der Waals surface area contributed by atoms with Gasteiger partial charge in [-0.1, -0.05) is 0 Å². The molecule has 0 aliphatic carbocycles. The highest BCUT2D eigenvalue weighted by molar-refractivity contribution is 5.33. The smallest absolute Gasteiger partial charge is 0.146 e. The lowest BCUT2D eigenvalue weighted by molar-refractivity contribution is 0.952. The first kappa shape index (κ1) is 4.96. The number of hydrogen-bond acceptors (Lipinski definition) is 3. The zero-order chi connectivity index (χ0) is 6.15. The minimum absolute atomic E-state index is 0.493. The van der Waals surface area contributed by atoms with Gasteiger partial charge in [0.05, 0.1) is 5.69 Å². The molecule has 0 aliphatic rings. The standard InChI is InChI=1S/C4H8N4/c1-3-4(5)7-2-8(3)6/h2H,5-6H2,1H3.